The molecule has 0 saturated carbocycles. The van der Waals surface area contributed by atoms with E-state index in [1.165, 1.54) is 23.5 Å². The maximum absolute atomic E-state index is 14.1. The Balaban J connectivity index is 1.97. The zero-order valence-corrected chi connectivity index (χ0v) is 27.0. The van der Waals surface area contributed by atoms with Crippen LogP contribution < -0.4 is 9.84 Å². The minimum absolute atomic E-state index is 0.0527. The Kier molecular flexibility index (Phi) is 12.0. The van der Waals surface area contributed by atoms with E-state index < -0.39 is 39.6 Å². The van der Waals surface area contributed by atoms with E-state index in [1.54, 1.807) is 32.9 Å². The fourth-order valence-corrected chi connectivity index (χ4v) is 7.07. The lowest BCUT2D eigenvalue weighted by Crippen LogP contribution is -2.62. The van der Waals surface area contributed by atoms with Crippen molar-refractivity contribution >= 4 is 16.1 Å². The van der Waals surface area contributed by atoms with Gasteiger partial charge in [0.05, 0.1) is 37.4 Å². The van der Waals surface area contributed by atoms with E-state index in [4.69, 9.17) is 14.2 Å². The second-order valence-electron chi connectivity index (χ2n) is 12.3. The van der Waals surface area contributed by atoms with Gasteiger partial charge >= 0.3 is 0 Å². The van der Waals surface area contributed by atoms with Gasteiger partial charge < -0.3 is 34.1 Å². The number of carboxylic acid groups (broad SMARTS) is 1. The number of amides is 1. The van der Waals surface area contributed by atoms with Crippen molar-refractivity contribution in [1.82, 2.24) is 9.21 Å². The lowest BCUT2D eigenvalue weighted by atomic mass is 9.94. The molecule has 2 aromatic rings. The molecule has 11 heteroatoms. The molecule has 0 bridgehead atoms. The fourth-order valence-electron chi connectivity index (χ4n) is 5.54. The molecule has 1 saturated heterocycles. The van der Waals surface area contributed by atoms with Crippen molar-refractivity contribution in [3.63, 3.8) is 0 Å². The number of ether oxygens (including phenoxy) is 3. The zero-order chi connectivity index (χ0) is 31.8. The third-order valence-corrected chi connectivity index (χ3v) is 9.86. The molecular weight excluding hydrogens is 572 g/mol. The summed E-state index contributed by atoms with van der Waals surface area (Å²) in [5, 5.41) is 24.2. The van der Waals surface area contributed by atoms with Gasteiger partial charge in [-0.05, 0) is 76.3 Å². The molecule has 0 aromatic heterocycles. The van der Waals surface area contributed by atoms with Gasteiger partial charge in [-0.2, -0.15) is 4.31 Å². The highest BCUT2D eigenvalue weighted by atomic mass is 32.2. The summed E-state index contributed by atoms with van der Waals surface area (Å²) in [6.45, 7) is 9.89. The average molecular weight is 620 g/mol. The molecule has 0 spiro atoms. The standard InChI is InChI=1S/C32H48N2O8S/c1-7-24(17-18-32(5)41-19-20-42-32)22-33(43(38,39)27-15-13-26(40-6)14-16-27)23-29(35)28(21-25-11-9-8-10-12-25)34(30(36)37)31(2,3)4/h8-16,24,28-29,35H,7,17-23H2,1-6H3,(H,36,37)/p-1/t24?,28-,29+/m0/s1. The van der Waals surface area contributed by atoms with Gasteiger partial charge in [-0.25, -0.2) is 8.42 Å². The number of carbonyl (C=O) groups excluding carboxylic acids is 1. The Bertz CT molecular complexity index is 1260. The molecule has 1 heterocycles. The Morgan fingerprint density at radius 3 is 2.19 bits per heavy atom. The topological polar surface area (TPSA) is 129 Å². The predicted molar refractivity (Wildman–Crippen MR) is 162 cm³/mol. The molecule has 0 radical (unpaired) electrons. The molecule has 0 aliphatic carbocycles. The van der Waals surface area contributed by atoms with Crippen molar-refractivity contribution in [3.8, 4) is 5.75 Å². The summed E-state index contributed by atoms with van der Waals surface area (Å²) in [5.41, 5.74) is -0.107. The number of nitrogens with zero attached hydrogens (tertiary/aromatic N) is 2. The van der Waals surface area contributed by atoms with Crippen LogP contribution in [0.1, 0.15) is 59.4 Å². The summed E-state index contributed by atoms with van der Waals surface area (Å²) in [4.78, 5) is 13.6. The van der Waals surface area contributed by atoms with Gasteiger partial charge in [0, 0.05) is 25.0 Å². The van der Waals surface area contributed by atoms with Gasteiger partial charge in [-0.15, -0.1) is 0 Å². The summed E-state index contributed by atoms with van der Waals surface area (Å²) in [6.07, 6.45) is -0.716. The van der Waals surface area contributed by atoms with Gasteiger partial charge in [0.2, 0.25) is 10.0 Å². The van der Waals surface area contributed by atoms with E-state index in [9.17, 15) is 23.4 Å². The number of aliphatic hydroxyl groups excluding tert-OH is 1. The van der Waals surface area contributed by atoms with E-state index in [0.29, 0.717) is 38.2 Å². The molecule has 1 N–H and O–H groups in total. The molecule has 1 aliphatic rings. The maximum atomic E-state index is 14.1. The number of methoxy groups -OCH3 is 1. The van der Waals surface area contributed by atoms with Crippen LogP contribution in [0, 0.1) is 5.92 Å². The Morgan fingerprint density at radius 1 is 1.07 bits per heavy atom. The monoisotopic (exact) mass is 619 g/mol. The van der Waals surface area contributed by atoms with Gasteiger partial charge in [-0.3, -0.25) is 0 Å². The summed E-state index contributed by atoms with van der Waals surface area (Å²) in [7, 11) is -2.59. The SMILES string of the molecule is CCC(CCC1(C)OCCO1)CN(C[C@@H](O)[C@H](Cc1ccccc1)N(C(=O)[O-])C(C)(C)C)S(=O)(=O)c1ccc(OC)cc1. The summed E-state index contributed by atoms with van der Waals surface area (Å²) in [5.74, 6) is -0.272. The molecule has 2 aromatic carbocycles. The van der Waals surface area contributed by atoms with Crippen molar-refractivity contribution < 1.29 is 37.6 Å². The van der Waals surface area contributed by atoms with Gasteiger partial charge in [-0.1, -0.05) is 43.7 Å². The van der Waals surface area contributed by atoms with Crippen LogP contribution in [0.25, 0.3) is 0 Å². The molecule has 1 amide bonds. The average Bonchev–Trinajstić information content (AvgIpc) is 3.40. The highest BCUT2D eigenvalue weighted by Crippen LogP contribution is 2.30. The van der Waals surface area contributed by atoms with Crippen molar-refractivity contribution in [2.75, 3.05) is 33.4 Å². The van der Waals surface area contributed by atoms with Gasteiger partial charge in [0.1, 0.15) is 11.8 Å². The number of benzene rings is 2. The van der Waals surface area contributed by atoms with Crippen molar-refractivity contribution in [2.24, 2.45) is 5.92 Å². The first kappa shape index (κ1) is 34.8. The second-order valence-corrected chi connectivity index (χ2v) is 14.2. The summed E-state index contributed by atoms with van der Waals surface area (Å²) < 4.78 is 46.2. The second kappa shape index (κ2) is 14.9. The first-order chi connectivity index (χ1) is 20.2. The van der Waals surface area contributed by atoms with E-state index in [0.717, 1.165) is 10.5 Å². The van der Waals surface area contributed by atoms with Crippen LogP contribution in [-0.4, -0.2) is 85.7 Å². The van der Waals surface area contributed by atoms with Crippen molar-refractivity contribution in [2.45, 2.75) is 88.7 Å². The number of carbonyl (C=O) groups is 1. The van der Waals surface area contributed by atoms with Gasteiger partial charge in [0.15, 0.2) is 5.79 Å². The number of hydrogen-bond donors (Lipinski definition) is 1. The molecule has 1 fully saturated rings. The summed E-state index contributed by atoms with van der Waals surface area (Å²) >= 11 is 0. The predicted octanol–water partition coefficient (Wildman–Crippen LogP) is 3.67. The first-order valence-electron chi connectivity index (χ1n) is 14.8. The normalized spacial score (nSPS) is 17.4. The highest BCUT2D eigenvalue weighted by Gasteiger charge is 2.38. The van der Waals surface area contributed by atoms with Crippen LogP contribution in [0.5, 0.6) is 5.75 Å². The largest absolute Gasteiger partial charge is 0.530 e. The summed E-state index contributed by atoms with van der Waals surface area (Å²) in [6, 6.07) is 14.3. The lowest BCUT2D eigenvalue weighted by Gasteiger charge is -2.46. The van der Waals surface area contributed by atoms with Crippen molar-refractivity contribution in [3.05, 3.63) is 60.2 Å². The van der Waals surface area contributed by atoms with Crippen LogP contribution in [-0.2, 0) is 25.9 Å². The molecule has 1 aliphatic heterocycles. The van der Waals surface area contributed by atoms with E-state index in [2.05, 4.69) is 0 Å². The smallest absolute Gasteiger partial charge is 0.243 e. The third kappa shape index (κ3) is 9.39. The molecule has 10 nitrogen and oxygen atoms in total. The Hall–Kier alpha value is -2.70. The molecule has 240 valence electrons. The van der Waals surface area contributed by atoms with E-state index >= 15 is 0 Å². The van der Waals surface area contributed by atoms with Crippen LogP contribution in [0.15, 0.2) is 59.5 Å². The molecule has 3 rings (SSSR count). The number of sulfonamides is 1. The zero-order valence-electron chi connectivity index (χ0n) is 26.2. The third-order valence-electron chi connectivity index (χ3n) is 8.01. The van der Waals surface area contributed by atoms with E-state index in [1.807, 2.05) is 44.2 Å². The maximum Gasteiger partial charge on any atom is 0.243 e. The number of aliphatic hydroxyl groups is 1. The van der Waals surface area contributed by atoms with Crippen LogP contribution in [0.3, 0.4) is 0 Å². The number of hydrogen-bond acceptors (Lipinski definition) is 8. The fraction of sp³-hybridized carbons (Fsp3) is 0.594. The molecule has 1 unspecified atom stereocenters. The van der Waals surface area contributed by atoms with Crippen LogP contribution >= 0.6 is 0 Å². The number of rotatable bonds is 15. The first-order valence-corrected chi connectivity index (χ1v) is 16.3. The van der Waals surface area contributed by atoms with Crippen LogP contribution in [0.2, 0.25) is 0 Å². The molecular formula is C32H47N2O8S-. The highest BCUT2D eigenvalue weighted by molar-refractivity contribution is 7.89. The van der Waals surface area contributed by atoms with Gasteiger partial charge in [0.25, 0.3) is 0 Å². The lowest BCUT2D eigenvalue weighted by molar-refractivity contribution is -0.275. The Labute approximate surface area is 256 Å². The van der Waals surface area contributed by atoms with Crippen molar-refractivity contribution in [1.29, 1.82) is 0 Å². The minimum Gasteiger partial charge on any atom is -0.530 e. The quantitative estimate of drug-likeness (QED) is 0.320. The minimum atomic E-state index is -4.09. The van der Waals surface area contributed by atoms with Crippen LogP contribution in [0.4, 0.5) is 4.79 Å². The molecule has 3 atom stereocenters. The Morgan fingerprint density at radius 2 is 1.67 bits per heavy atom. The molecule has 43 heavy (non-hydrogen) atoms. The van der Waals surface area contributed by atoms with E-state index in [-0.39, 0.29) is 30.3 Å².